The molecule has 2 aliphatic rings. The second kappa shape index (κ2) is 5.34. The Hall–Kier alpha value is -1.87. The summed E-state index contributed by atoms with van der Waals surface area (Å²) in [5.41, 5.74) is -1.24. The highest BCUT2D eigenvalue weighted by atomic mass is 32.2. The SMILES string of the molecule is Cc1oc(C(=O)NC2(C(=O)O)CC2)cc1S(=O)(=O)N1CCCC1. The van der Waals surface area contributed by atoms with Crippen LogP contribution in [0.15, 0.2) is 15.4 Å². The molecule has 23 heavy (non-hydrogen) atoms. The lowest BCUT2D eigenvalue weighted by Gasteiger charge is -2.14. The number of nitrogens with zero attached hydrogens (tertiary/aromatic N) is 1. The number of carbonyl (C=O) groups is 2. The molecule has 2 heterocycles. The normalized spacial score (nSPS) is 20.4. The Kier molecular flexibility index (Phi) is 3.72. The van der Waals surface area contributed by atoms with E-state index in [1.807, 2.05) is 0 Å². The van der Waals surface area contributed by atoms with Gasteiger partial charge in [-0.05, 0) is 32.6 Å². The first-order valence-electron chi connectivity index (χ1n) is 7.43. The van der Waals surface area contributed by atoms with E-state index >= 15 is 0 Å². The highest BCUT2D eigenvalue weighted by molar-refractivity contribution is 7.89. The van der Waals surface area contributed by atoms with Crippen molar-refractivity contribution < 1.29 is 27.5 Å². The minimum atomic E-state index is -3.68. The van der Waals surface area contributed by atoms with E-state index in [0.717, 1.165) is 12.8 Å². The topological polar surface area (TPSA) is 117 Å². The number of aliphatic carboxylic acids is 1. The number of rotatable bonds is 5. The van der Waals surface area contributed by atoms with Crippen molar-refractivity contribution in [1.29, 1.82) is 0 Å². The van der Waals surface area contributed by atoms with Gasteiger partial charge in [0, 0.05) is 19.2 Å². The largest absolute Gasteiger partial charge is 0.480 e. The van der Waals surface area contributed by atoms with Crippen LogP contribution in [0.5, 0.6) is 0 Å². The molecule has 1 aliphatic heterocycles. The van der Waals surface area contributed by atoms with Gasteiger partial charge in [0.15, 0.2) is 5.76 Å². The fourth-order valence-corrected chi connectivity index (χ4v) is 4.38. The molecule has 1 amide bonds. The fraction of sp³-hybridized carbons (Fsp3) is 0.571. The number of hydrogen-bond acceptors (Lipinski definition) is 5. The van der Waals surface area contributed by atoms with Gasteiger partial charge in [0.2, 0.25) is 10.0 Å². The van der Waals surface area contributed by atoms with Crippen molar-refractivity contribution in [2.24, 2.45) is 0 Å². The molecule has 0 aromatic carbocycles. The van der Waals surface area contributed by atoms with Gasteiger partial charge in [-0.2, -0.15) is 4.31 Å². The maximum atomic E-state index is 12.5. The van der Waals surface area contributed by atoms with Crippen molar-refractivity contribution in [3.8, 4) is 0 Å². The summed E-state index contributed by atoms with van der Waals surface area (Å²) < 4.78 is 31.7. The van der Waals surface area contributed by atoms with Crippen LogP contribution >= 0.6 is 0 Å². The van der Waals surface area contributed by atoms with E-state index in [1.165, 1.54) is 17.3 Å². The van der Waals surface area contributed by atoms with Crippen LogP contribution in [0.1, 0.15) is 42.0 Å². The average Bonchev–Trinajstić information content (AvgIpc) is 2.91. The van der Waals surface area contributed by atoms with Crippen LogP contribution in [0.25, 0.3) is 0 Å². The molecule has 2 N–H and O–H groups in total. The van der Waals surface area contributed by atoms with Gasteiger partial charge in [-0.3, -0.25) is 4.79 Å². The number of nitrogens with one attached hydrogen (secondary N) is 1. The van der Waals surface area contributed by atoms with Crippen LogP contribution in [0.4, 0.5) is 0 Å². The van der Waals surface area contributed by atoms with Crippen molar-refractivity contribution in [3.05, 3.63) is 17.6 Å². The Bertz CT molecular complexity index is 756. The maximum absolute atomic E-state index is 12.5. The van der Waals surface area contributed by atoms with E-state index in [4.69, 9.17) is 9.52 Å². The zero-order valence-corrected chi connectivity index (χ0v) is 13.5. The quantitative estimate of drug-likeness (QED) is 0.814. The first-order chi connectivity index (χ1) is 10.8. The minimum Gasteiger partial charge on any atom is -0.480 e. The van der Waals surface area contributed by atoms with Gasteiger partial charge in [0.1, 0.15) is 16.2 Å². The summed E-state index contributed by atoms with van der Waals surface area (Å²) in [6.45, 7) is 2.39. The second-order valence-electron chi connectivity index (χ2n) is 5.98. The lowest BCUT2D eigenvalue weighted by atomic mass is 10.2. The monoisotopic (exact) mass is 342 g/mol. The molecule has 1 aromatic heterocycles. The maximum Gasteiger partial charge on any atom is 0.329 e. The molecule has 0 spiro atoms. The second-order valence-corrected chi connectivity index (χ2v) is 7.89. The summed E-state index contributed by atoms with van der Waals surface area (Å²) in [5.74, 6) is -1.87. The van der Waals surface area contributed by atoms with Gasteiger partial charge in [-0.1, -0.05) is 0 Å². The van der Waals surface area contributed by atoms with Gasteiger partial charge < -0.3 is 14.8 Å². The standard InChI is InChI=1S/C14H18N2O6S/c1-9-11(23(20,21)16-6-2-3-7-16)8-10(22-9)12(17)15-14(4-5-14)13(18)19/h8H,2-7H2,1H3,(H,15,17)(H,18,19). The van der Waals surface area contributed by atoms with Gasteiger partial charge in [-0.25, -0.2) is 13.2 Å². The molecule has 126 valence electrons. The molecule has 0 unspecified atom stereocenters. The number of amides is 1. The van der Waals surface area contributed by atoms with Gasteiger partial charge in [0.25, 0.3) is 5.91 Å². The highest BCUT2D eigenvalue weighted by Gasteiger charge is 2.52. The predicted molar refractivity (Wildman–Crippen MR) is 78.5 cm³/mol. The van der Waals surface area contributed by atoms with Crippen LogP contribution in [0, 0.1) is 6.92 Å². The summed E-state index contributed by atoms with van der Waals surface area (Å²) in [4.78, 5) is 23.2. The molecule has 0 bridgehead atoms. The van der Waals surface area contributed by atoms with E-state index in [9.17, 15) is 18.0 Å². The summed E-state index contributed by atoms with van der Waals surface area (Å²) in [7, 11) is -3.68. The van der Waals surface area contributed by atoms with Crippen molar-refractivity contribution in [3.63, 3.8) is 0 Å². The molecule has 0 radical (unpaired) electrons. The molecule has 1 saturated carbocycles. The first kappa shape index (κ1) is 16.0. The van der Waals surface area contributed by atoms with Gasteiger partial charge in [-0.15, -0.1) is 0 Å². The summed E-state index contributed by atoms with van der Waals surface area (Å²) in [6, 6.07) is 1.18. The van der Waals surface area contributed by atoms with Gasteiger partial charge >= 0.3 is 5.97 Å². The molecule has 9 heteroatoms. The number of carboxylic acid groups (broad SMARTS) is 1. The van der Waals surface area contributed by atoms with Crippen molar-refractivity contribution in [2.45, 2.75) is 43.0 Å². The number of hydrogen-bond donors (Lipinski definition) is 2. The zero-order chi connectivity index (χ0) is 16.8. The Morgan fingerprint density at radius 2 is 1.91 bits per heavy atom. The lowest BCUT2D eigenvalue weighted by Crippen LogP contribution is -2.42. The van der Waals surface area contributed by atoms with E-state index in [2.05, 4.69) is 5.32 Å². The molecular weight excluding hydrogens is 324 g/mol. The summed E-state index contributed by atoms with van der Waals surface area (Å²) in [5, 5.41) is 11.5. The third-order valence-electron chi connectivity index (χ3n) is 4.29. The smallest absolute Gasteiger partial charge is 0.329 e. The lowest BCUT2D eigenvalue weighted by molar-refractivity contribution is -0.140. The van der Waals surface area contributed by atoms with Crippen molar-refractivity contribution >= 4 is 21.9 Å². The first-order valence-corrected chi connectivity index (χ1v) is 8.87. The number of carbonyl (C=O) groups excluding carboxylic acids is 1. The molecule has 1 aliphatic carbocycles. The average molecular weight is 342 g/mol. The third kappa shape index (κ3) is 2.74. The summed E-state index contributed by atoms with van der Waals surface area (Å²) in [6.07, 6.45) is 2.33. The highest BCUT2D eigenvalue weighted by Crippen LogP contribution is 2.36. The summed E-state index contributed by atoms with van der Waals surface area (Å²) >= 11 is 0. The Balaban J connectivity index is 1.83. The van der Waals surface area contributed by atoms with Crippen LogP contribution in [0.3, 0.4) is 0 Å². The number of aryl methyl sites for hydroxylation is 1. The molecule has 2 fully saturated rings. The predicted octanol–water partition coefficient (Wildman–Crippen LogP) is 0.720. The molecule has 8 nitrogen and oxygen atoms in total. The van der Waals surface area contributed by atoms with Crippen LogP contribution in [0.2, 0.25) is 0 Å². The van der Waals surface area contributed by atoms with E-state index in [1.54, 1.807) is 0 Å². The van der Waals surface area contributed by atoms with E-state index in [-0.39, 0.29) is 16.4 Å². The third-order valence-corrected chi connectivity index (χ3v) is 6.30. The van der Waals surface area contributed by atoms with E-state index in [0.29, 0.717) is 25.9 Å². The Morgan fingerprint density at radius 1 is 1.30 bits per heavy atom. The molecule has 1 saturated heterocycles. The number of furan rings is 1. The van der Waals surface area contributed by atoms with Crippen LogP contribution in [-0.4, -0.2) is 48.3 Å². The molecule has 3 rings (SSSR count). The van der Waals surface area contributed by atoms with Gasteiger partial charge in [0.05, 0.1) is 0 Å². The van der Waals surface area contributed by atoms with Crippen molar-refractivity contribution in [2.75, 3.05) is 13.1 Å². The van der Waals surface area contributed by atoms with E-state index < -0.39 is 27.4 Å². The fourth-order valence-electron chi connectivity index (χ4n) is 2.70. The van der Waals surface area contributed by atoms with Crippen LogP contribution in [-0.2, 0) is 14.8 Å². The minimum absolute atomic E-state index is 0.0373. The van der Waals surface area contributed by atoms with Crippen LogP contribution < -0.4 is 5.32 Å². The number of sulfonamides is 1. The molecular formula is C14H18N2O6S. The molecule has 0 atom stereocenters. The van der Waals surface area contributed by atoms with Crippen molar-refractivity contribution in [1.82, 2.24) is 9.62 Å². The molecule has 1 aromatic rings. The number of carboxylic acids is 1. The Morgan fingerprint density at radius 3 is 2.43 bits per heavy atom. The Labute approximate surface area is 133 Å². The zero-order valence-electron chi connectivity index (χ0n) is 12.7.